The molecule has 9 nitrogen and oxygen atoms in total. The zero-order valence-electron chi connectivity index (χ0n) is 19.4. The number of sulfonamides is 1. The number of aromatic nitrogens is 3. The third-order valence-corrected chi connectivity index (χ3v) is 8.10. The van der Waals surface area contributed by atoms with Crippen LogP contribution in [0.3, 0.4) is 0 Å². The Labute approximate surface area is 209 Å². The lowest BCUT2D eigenvalue weighted by molar-refractivity contribution is 0.180. The van der Waals surface area contributed by atoms with Gasteiger partial charge in [-0.15, -0.1) is 0 Å². The van der Waals surface area contributed by atoms with Crippen LogP contribution < -0.4 is 15.6 Å². The van der Waals surface area contributed by atoms with E-state index in [0.29, 0.717) is 34.7 Å². The van der Waals surface area contributed by atoms with E-state index in [1.165, 1.54) is 12.1 Å². The molecule has 2 bridgehead atoms. The van der Waals surface area contributed by atoms with E-state index in [0.717, 1.165) is 25.2 Å². The Morgan fingerprint density at radius 3 is 2.46 bits per heavy atom. The Balaban J connectivity index is 1.26. The summed E-state index contributed by atoms with van der Waals surface area (Å²) in [6, 6.07) is 13.6. The lowest BCUT2D eigenvalue weighted by Gasteiger charge is -2.43. The predicted octanol–water partition coefficient (Wildman–Crippen LogP) is 2.87. The molecule has 2 N–H and O–H groups in total. The molecule has 2 aromatic heterocycles. The van der Waals surface area contributed by atoms with E-state index < -0.39 is 10.0 Å². The molecule has 0 amide bonds. The zero-order chi connectivity index (χ0) is 24.7. The van der Waals surface area contributed by atoms with Crippen LogP contribution in [0.15, 0.2) is 58.2 Å². The SMILES string of the molecule is Cc1cc(C)nc(NS(=O)(=O)c2ccc(NC(=S)N3CC4C[C@H](C3)Cn3c4cccc3=O)cc2)n1. The third kappa shape index (κ3) is 4.92. The summed E-state index contributed by atoms with van der Waals surface area (Å²) in [5.74, 6) is 0.653. The Kier molecular flexibility index (Phi) is 6.06. The van der Waals surface area contributed by atoms with Crippen LogP contribution in [-0.2, 0) is 16.6 Å². The fourth-order valence-corrected chi connectivity index (χ4v) is 6.14. The minimum atomic E-state index is -3.83. The van der Waals surface area contributed by atoms with Crippen molar-refractivity contribution in [2.24, 2.45) is 5.92 Å². The van der Waals surface area contributed by atoms with Crippen molar-refractivity contribution in [2.45, 2.75) is 37.6 Å². The Bertz CT molecular complexity index is 1430. The van der Waals surface area contributed by atoms with Gasteiger partial charge in [-0.2, -0.15) is 0 Å². The standard InChI is InChI=1S/C24H26N6O3S2/c1-15-10-16(2)26-23(25-15)28-35(32,33)20-8-6-19(7-9-20)27-24(34)29-12-17-11-18(14-29)21-4-3-5-22(31)30(21)13-17/h3-10,17-18H,11-14H2,1-2H3,(H,27,34)(H,25,26,28)/t17-,18?/m1/s1. The number of piperidine rings is 1. The number of hydrogen-bond acceptors (Lipinski definition) is 6. The number of pyridine rings is 1. The second kappa shape index (κ2) is 9.04. The van der Waals surface area contributed by atoms with Crippen LogP contribution in [0, 0.1) is 19.8 Å². The summed E-state index contributed by atoms with van der Waals surface area (Å²) in [5, 5.41) is 3.82. The van der Waals surface area contributed by atoms with E-state index in [9.17, 15) is 13.2 Å². The highest BCUT2D eigenvalue weighted by atomic mass is 32.2. The van der Waals surface area contributed by atoms with Gasteiger partial charge in [-0.05, 0) is 74.8 Å². The average Bonchev–Trinajstić information content (AvgIpc) is 2.79. The van der Waals surface area contributed by atoms with Crippen molar-refractivity contribution >= 4 is 39.0 Å². The number of nitrogens with zero attached hydrogens (tertiary/aromatic N) is 4. The minimum Gasteiger partial charge on any atom is -0.348 e. The molecule has 1 fully saturated rings. The second-order valence-electron chi connectivity index (χ2n) is 9.14. The van der Waals surface area contributed by atoms with Crippen molar-refractivity contribution in [3.8, 4) is 0 Å². The van der Waals surface area contributed by atoms with Crippen LogP contribution in [0.25, 0.3) is 0 Å². The normalized spacial score (nSPS) is 19.1. The number of anilines is 2. The molecule has 1 aromatic carbocycles. The van der Waals surface area contributed by atoms with Crippen LogP contribution >= 0.6 is 12.2 Å². The maximum absolute atomic E-state index is 12.8. The first-order chi connectivity index (χ1) is 16.7. The molecule has 11 heteroatoms. The largest absolute Gasteiger partial charge is 0.348 e. The molecule has 0 radical (unpaired) electrons. The Morgan fingerprint density at radius 1 is 1.03 bits per heavy atom. The predicted molar refractivity (Wildman–Crippen MR) is 138 cm³/mol. The molecule has 2 aliphatic rings. The van der Waals surface area contributed by atoms with Crippen molar-refractivity contribution in [2.75, 3.05) is 23.1 Å². The average molecular weight is 511 g/mol. The van der Waals surface area contributed by atoms with Gasteiger partial charge >= 0.3 is 0 Å². The summed E-state index contributed by atoms with van der Waals surface area (Å²) >= 11 is 5.67. The molecule has 0 aliphatic carbocycles. The lowest BCUT2D eigenvalue weighted by Crippen LogP contribution is -2.50. The number of benzene rings is 1. The number of hydrogen-bond donors (Lipinski definition) is 2. The van der Waals surface area contributed by atoms with E-state index in [1.807, 2.05) is 16.7 Å². The first kappa shape index (κ1) is 23.4. The second-order valence-corrected chi connectivity index (χ2v) is 11.2. The van der Waals surface area contributed by atoms with Gasteiger partial charge in [-0.25, -0.2) is 23.1 Å². The van der Waals surface area contributed by atoms with E-state index in [1.54, 1.807) is 38.1 Å². The molecule has 3 aromatic rings. The maximum atomic E-state index is 12.8. The van der Waals surface area contributed by atoms with Crippen LogP contribution in [0.2, 0.25) is 0 Å². The van der Waals surface area contributed by atoms with Crippen LogP contribution in [0.1, 0.15) is 29.4 Å². The molecule has 0 spiro atoms. The van der Waals surface area contributed by atoms with Crippen molar-refractivity contribution in [3.63, 3.8) is 0 Å². The van der Waals surface area contributed by atoms with Crippen LogP contribution in [-0.4, -0.2) is 46.1 Å². The lowest BCUT2D eigenvalue weighted by atomic mass is 9.83. The molecule has 35 heavy (non-hydrogen) atoms. The quantitative estimate of drug-likeness (QED) is 0.516. The maximum Gasteiger partial charge on any atom is 0.264 e. The summed E-state index contributed by atoms with van der Waals surface area (Å²) in [6.45, 7) is 5.77. The topological polar surface area (TPSA) is 109 Å². The van der Waals surface area contributed by atoms with Gasteiger partial charge in [0.15, 0.2) is 5.11 Å². The molecular formula is C24H26N6O3S2. The molecule has 182 valence electrons. The molecule has 1 unspecified atom stereocenters. The summed E-state index contributed by atoms with van der Waals surface area (Å²) in [7, 11) is -3.83. The van der Waals surface area contributed by atoms with Gasteiger partial charge in [-0.1, -0.05) is 6.07 Å². The van der Waals surface area contributed by atoms with Crippen molar-refractivity contribution < 1.29 is 8.42 Å². The van der Waals surface area contributed by atoms with Gasteiger partial charge in [0.25, 0.3) is 15.6 Å². The smallest absolute Gasteiger partial charge is 0.264 e. The van der Waals surface area contributed by atoms with E-state index in [4.69, 9.17) is 12.2 Å². The first-order valence-electron chi connectivity index (χ1n) is 11.4. The first-order valence-corrected chi connectivity index (χ1v) is 13.3. The van der Waals surface area contributed by atoms with Gasteiger partial charge in [0, 0.05) is 54.4 Å². The molecule has 0 saturated carbocycles. The Morgan fingerprint density at radius 2 is 1.74 bits per heavy atom. The van der Waals surface area contributed by atoms with E-state index in [-0.39, 0.29) is 22.3 Å². The number of thiocarbonyl (C=S) groups is 1. The van der Waals surface area contributed by atoms with E-state index >= 15 is 0 Å². The van der Waals surface area contributed by atoms with Crippen molar-refractivity contribution in [3.05, 3.63) is 76.0 Å². The minimum absolute atomic E-state index is 0.0466. The summed E-state index contributed by atoms with van der Waals surface area (Å²) in [4.78, 5) is 22.8. The number of fused-ring (bicyclic) bond motifs is 4. The molecule has 2 aliphatic heterocycles. The molecule has 1 saturated heterocycles. The fourth-order valence-electron chi connectivity index (χ4n) is 4.93. The van der Waals surface area contributed by atoms with Crippen molar-refractivity contribution in [1.82, 2.24) is 19.4 Å². The number of rotatable bonds is 4. The highest BCUT2D eigenvalue weighted by Gasteiger charge is 2.35. The van der Waals surface area contributed by atoms with Gasteiger partial charge in [-0.3, -0.25) is 4.79 Å². The van der Waals surface area contributed by atoms with Crippen LogP contribution in [0.5, 0.6) is 0 Å². The van der Waals surface area contributed by atoms with Gasteiger partial charge in [0.05, 0.1) is 4.90 Å². The molecule has 2 atom stereocenters. The van der Waals surface area contributed by atoms with Crippen molar-refractivity contribution in [1.29, 1.82) is 0 Å². The Hall–Kier alpha value is -3.31. The van der Waals surface area contributed by atoms with Gasteiger partial charge < -0.3 is 14.8 Å². The molecule has 4 heterocycles. The van der Waals surface area contributed by atoms with E-state index in [2.05, 4.69) is 24.9 Å². The summed E-state index contributed by atoms with van der Waals surface area (Å²) < 4.78 is 29.9. The highest BCUT2D eigenvalue weighted by molar-refractivity contribution is 7.92. The highest BCUT2D eigenvalue weighted by Crippen LogP contribution is 2.35. The molecule has 5 rings (SSSR count). The number of likely N-dealkylation sites (tertiary alicyclic amines) is 1. The summed E-state index contributed by atoms with van der Waals surface area (Å²) in [6.07, 6.45) is 1.05. The monoisotopic (exact) mass is 510 g/mol. The third-order valence-electron chi connectivity index (χ3n) is 6.39. The van der Waals surface area contributed by atoms with Gasteiger partial charge in [0.2, 0.25) is 5.95 Å². The van der Waals surface area contributed by atoms with Gasteiger partial charge in [0.1, 0.15) is 0 Å². The number of nitrogens with one attached hydrogen (secondary N) is 2. The zero-order valence-corrected chi connectivity index (χ0v) is 21.1. The fraction of sp³-hybridized carbons (Fsp3) is 0.333. The molecular weight excluding hydrogens is 484 g/mol. The van der Waals surface area contributed by atoms with Crippen LogP contribution in [0.4, 0.5) is 11.6 Å². The number of aryl methyl sites for hydroxylation is 2. The summed E-state index contributed by atoms with van der Waals surface area (Å²) in [5.41, 5.74) is 3.18.